The summed E-state index contributed by atoms with van der Waals surface area (Å²) in [5, 5.41) is 16.5. The Bertz CT molecular complexity index is 423. The van der Waals surface area contributed by atoms with E-state index in [2.05, 4.69) is 20.6 Å². The van der Waals surface area contributed by atoms with Crippen LogP contribution in [0.25, 0.3) is 0 Å². The number of nitrogens with one attached hydrogen (secondary N) is 2. The number of rotatable bonds is 7. The number of hydrogen-bond donors (Lipinski definition) is 3. The molecular weight excluding hydrogens is 260 g/mol. The number of hydrogen-bond acceptors (Lipinski definition) is 6. The van der Waals surface area contributed by atoms with Gasteiger partial charge in [0.2, 0.25) is 0 Å². The minimum Gasteiger partial charge on any atom is -0.387 e. The van der Waals surface area contributed by atoms with Gasteiger partial charge in [-0.3, -0.25) is 0 Å². The molecule has 0 fully saturated rings. The molecular formula is C13H24N4OS. The van der Waals surface area contributed by atoms with Crippen LogP contribution in [0.2, 0.25) is 0 Å². The van der Waals surface area contributed by atoms with Crippen LogP contribution in [0.4, 0.5) is 11.6 Å². The van der Waals surface area contributed by atoms with Crippen molar-refractivity contribution in [1.82, 2.24) is 9.97 Å². The van der Waals surface area contributed by atoms with Crippen molar-refractivity contribution in [3.63, 3.8) is 0 Å². The van der Waals surface area contributed by atoms with E-state index in [1.807, 2.05) is 34.1 Å². The molecule has 1 atom stereocenters. The van der Waals surface area contributed by atoms with Crippen molar-refractivity contribution >= 4 is 23.4 Å². The molecule has 1 aromatic rings. The summed E-state index contributed by atoms with van der Waals surface area (Å²) >= 11 is 1.63. The Hall–Kier alpha value is -1.01. The molecule has 0 aliphatic rings. The second-order valence-corrected chi connectivity index (χ2v) is 5.72. The average molecular weight is 284 g/mol. The van der Waals surface area contributed by atoms with Gasteiger partial charge in [-0.2, -0.15) is 11.8 Å². The molecule has 0 radical (unpaired) electrons. The molecule has 6 heteroatoms. The molecule has 1 heterocycles. The summed E-state index contributed by atoms with van der Waals surface area (Å²) in [5.41, 5.74) is 0.225. The van der Waals surface area contributed by atoms with Gasteiger partial charge in [-0.05, 0) is 20.1 Å². The molecule has 1 aromatic heterocycles. The Kier molecular flexibility index (Phi) is 5.87. The van der Waals surface area contributed by atoms with Crippen molar-refractivity contribution in [2.45, 2.75) is 32.8 Å². The van der Waals surface area contributed by atoms with Gasteiger partial charge in [0.1, 0.15) is 17.5 Å². The van der Waals surface area contributed by atoms with E-state index in [4.69, 9.17) is 0 Å². The highest BCUT2D eigenvalue weighted by molar-refractivity contribution is 7.98. The lowest BCUT2D eigenvalue weighted by Crippen LogP contribution is -2.36. The molecule has 0 saturated heterocycles. The average Bonchev–Trinajstić information content (AvgIpc) is 2.37. The highest BCUT2D eigenvalue weighted by atomic mass is 32.2. The van der Waals surface area contributed by atoms with Gasteiger partial charge in [-0.1, -0.05) is 6.92 Å². The maximum absolute atomic E-state index is 10.2. The number of aliphatic hydroxyl groups is 1. The summed E-state index contributed by atoms with van der Waals surface area (Å²) in [5.74, 6) is 3.10. The Morgan fingerprint density at radius 1 is 1.32 bits per heavy atom. The van der Waals surface area contributed by atoms with Gasteiger partial charge in [-0.15, -0.1) is 0 Å². The smallest absolute Gasteiger partial charge is 0.134 e. The molecule has 3 N–H and O–H groups in total. The van der Waals surface area contributed by atoms with Gasteiger partial charge >= 0.3 is 0 Å². The lowest BCUT2D eigenvalue weighted by atomic mass is 10.1. The highest BCUT2D eigenvalue weighted by Crippen LogP contribution is 2.21. The van der Waals surface area contributed by atoms with Gasteiger partial charge in [0.25, 0.3) is 0 Å². The predicted octanol–water partition coefficient (Wildman–Crippen LogP) is 1.92. The second kappa shape index (κ2) is 6.96. The molecule has 1 unspecified atom stereocenters. The Morgan fingerprint density at radius 2 is 1.95 bits per heavy atom. The molecule has 0 bridgehead atoms. The number of aromatic nitrogens is 2. The van der Waals surface area contributed by atoms with Crippen LogP contribution in [-0.2, 0) is 6.42 Å². The molecule has 0 saturated carbocycles. The van der Waals surface area contributed by atoms with E-state index in [-0.39, 0.29) is 0 Å². The first-order valence-corrected chi connectivity index (χ1v) is 7.83. The third-order valence-corrected chi connectivity index (χ3v) is 3.75. The fraction of sp³-hybridized carbons (Fsp3) is 0.692. The lowest BCUT2D eigenvalue weighted by molar-refractivity contribution is 0.0996. The number of nitrogens with zero attached hydrogens (tertiary/aromatic N) is 2. The molecule has 108 valence electrons. The van der Waals surface area contributed by atoms with Crippen LogP contribution in [0.3, 0.4) is 0 Å². The quantitative estimate of drug-likeness (QED) is 0.710. The van der Waals surface area contributed by atoms with E-state index in [0.29, 0.717) is 12.3 Å². The van der Waals surface area contributed by atoms with Gasteiger partial charge in [0.15, 0.2) is 0 Å². The Morgan fingerprint density at radius 3 is 2.47 bits per heavy atom. The summed E-state index contributed by atoms with van der Waals surface area (Å²) in [4.78, 5) is 8.90. The molecule has 0 aromatic carbocycles. The SMILES string of the molecule is CCc1nc(NC)c(C)c(NCC(C)(O)CSC)n1. The molecule has 5 nitrogen and oxygen atoms in total. The summed E-state index contributed by atoms with van der Waals surface area (Å²) < 4.78 is 0. The van der Waals surface area contributed by atoms with Gasteiger partial charge in [0.05, 0.1) is 5.60 Å². The van der Waals surface area contributed by atoms with Crippen molar-refractivity contribution in [2.75, 3.05) is 36.2 Å². The minimum absolute atomic E-state index is 0.470. The summed E-state index contributed by atoms with van der Waals surface area (Å²) in [7, 11) is 1.85. The zero-order chi connectivity index (χ0) is 14.5. The fourth-order valence-corrected chi connectivity index (χ4v) is 2.50. The lowest BCUT2D eigenvalue weighted by Gasteiger charge is -2.23. The van der Waals surface area contributed by atoms with Crippen molar-refractivity contribution in [1.29, 1.82) is 0 Å². The van der Waals surface area contributed by atoms with Crippen LogP contribution in [0.5, 0.6) is 0 Å². The fourth-order valence-electron chi connectivity index (χ4n) is 1.77. The first kappa shape index (κ1) is 16.0. The first-order chi connectivity index (χ1) is 8.93. The van der Waals surface area contributed by atoms with E-state index in [9.17, 15) is 5.11 Å². The van der Waals surface area contributed by atoms with E-state index >= 15 is 0 Å². The van der Waals surface area contributed by atoms with Crippen molar-refractivity contribution in [3.05, 3.63) is 11.4 Å². The highest BCUT2D eigenvalue weighted by Gasteiger charge is 2.20. The van der Waals surface area contributed by atoms with Crippen LogP contribution in [0.1, 0.15) is 25.2 Å². The van der Waals surface area contributed by atoms with Crippen LogP contribution in [0.15, 0.2) is 0 Å². The van der Waals surface area contributed by atoms with Crippen molar-refractivity contribution in [2.24, 2.45) is 0 Å². The Labute approximate surface area is 119 Å². The number of thioether (sulfide) groups is 1. The molecule has 0 spiro atoms. The van der Waals surface area contributed by atoms with E-state index in [0.717, 1.165) is 29.4 Å². The van der Waals surface area contributed by atoms with Gasteiger partial charge in [0, 0.05) is 31.3 Å². The van der Waals surface area contributed by atoms with E-state index in [1.54, 1.807) is 11.8 Å². The summed E-state index contributed by atoms with van der Waals surface area (Å²) in [6.45, 7) is 6.29. The normalized spacial score (nSPS) is 14.0. The van der Waals surface area contributed by atoms with Crippen molar-refractivity contribution in [3.8, 4) is 0 Å². The third kappa shape index (κ3) is 4.54. The first-order valence-electron chi connectivity index (χ1n) is 6.44. The predicted molar refractivity (Wildman–Crippen MR) is 83.2 cm³/mol. The van der Waals surface area contributed by atoms with E-state index in [1.165, 1.54) is 0 Å². The molecule has 0 aliphatic heterocycles. The zero-order valence-corrected chi connectivity index (χ0v) is 13.2. The molecule has 0 amide bonds. The zero-order valence-electron chi connectivity index (χ0n) is 12.4. The third-order valence-electron chi connectivity index (χ3n) is 2.84. The second-order valence-electron chi connectivity index (χ2n) is 4.85. The van der Waals surface area contributed by atoms with Crippen LogP contribution in [-0.4, -0.2) is 46.3 Å². The number of anilines is 2. The van der Waals surface area contributed by atoms with E-state index < -0.39 is 5.60 Å². The topological polar surface area (TPSA) is 70.1 Å². The van der Waals surface area contributed by atoms with Crippen LogP contribution < -0.4 is 10.6 Å². The van der Waals surface area contributed by atoms with Gasteiger partial charge < -0.3 is 15.7 Å². The molecule has 0 aliphatic carbocycles. The summed E-state index contributed by atoms with van der Waals surface area (Å²) in [6, 6.07) is 0. The molecule has 19 heavy (non-hydrogen) atoms. The summed E-state index contributed by atoms with van der Waals surface area (Å²) in [6.07, 6.45) is 2.77. The largest absolute Gasteiger partial charge is 0.387 e. The Balaban J connectivity index is 2.88. The number of aryl methyl sites for hydroxylation is 1. The molecule has 1 rings (SSSR count). The van der Waals surface area contributed by atoms with Crippen LogP contribution in [0, 0.1) is 6.92 Å². The van der Waals surface area contributed by atoms with Gasteiger partial charge in [-0.25, -0.2) is 9.97 Å². The minimum atomic E-state index is -0.747. The maximum Gasteiger partial charge on any atom is 0.134 e. The van der Waals surface area contributed by atoms with Crippen LogP contribution >= 0.6 is 11.8 Å². The maximum atomic E-state index is 10.2. The standard InChI is InChI=1S/C13H24N4OS/c1-6-10-16-11(14-4)9(2)12(17-10)15-7-13(3,18)8-19-5/h18H,6-8H2,1-5H3,(H2,14,15,16,17). The van der Waals surface area contributed by atoms with Crippen molar-refractivity contribution < 1.29 is 5.11 Å². The monoisotopic (exact) mass is 284 g/mol.